The maximum absolute atomic E-state index is 9.45. The number of aliphatic hydroxyl groups is 1. The maximum atomic E-state index is 9.45. The Hall–Kier alpha value is -1.22. The zero-order chi connectivity index (χ0) is 9.42. The minimum absolute atomic E-state index is 0.121. The Bertz CT molecular complexity index is 345. The van der Waals surface area contributed by atoms with Crippen LogP contribution >= 0.6 is 0 Å². The first-order chi connectivity index (χ1) is 6.24. The predicted molar refractivity (Wildman–Crippen MR) is 47.7 cm³/mol. The second kappa shape index (κ2) is 2.92. The van der Waals surface area contributed by atoms with E-state index in [-0.39, 0.29) is 18.1 Å². The van der Waals surface area contributed by atoms with Crippen LogP contribution in [0, 0.1) is 0 Å². The van der Waals surface area contributed by atoms with E-state index < -0.39 is 0 Å². The van der Waals surface area contributed by atoms with Gasteiger partial charge in [0.25, 0.3) is 0 Å². The third kappa shape index (κ3) is 1.16. The number of aliphatic hydroxyl groups excluding tert-OH is 1. The van der Waals surface area contributed by atoms with Gasteiger partial charge in [0.1, 0.15) is 0 Å². The number of phenols is 2. The van der Waals surface area contributed by atoms with E-state index in [1.165, 1.54) is 0 Å². The molecule has 1 aliphatic rings. The van der Waals surface area contributed by atoms with Crippen LogP contribution < -0.4 is 0 Å². The fourth-order valence-corrected chi connectivity index (χ4v) is 1.97. The molecule has 0 unspecified atom stereocenters. The topological polar surface area (TPSA) is 60.7 Å². The molecule has 3 heteroatoms. The molecule has 1 aliphatic carbocycles. The third-order valence-electron chi connectivity index (χ3n) is 2.62. The maximum Gasteiger partial charge on any atom is 0.163 e. The Morgan fingerprint density at radius 3 is 2.69 bits per heavy atom. The lowest BCUT2D eigenvalue weighted by atomic mass is 10.0. The Balaban J connectivity index is 2.64. The Morgan fingerprint density at radius 1 is 1.23 bits per heavy atom. The highest BCUT2D eigenvalue weighted by atomic mass is 16.3. The van der Waals surface area contributed by atoms with Crippen LogP contribution in [-0.2, 0) is 19.4 Å². The highest BCUT2D eigenvalue weighted by Crippen LogP contribution is 2.38. The van der Waals surface area contributed by atoms with Crippen molar-refractivity contribution in [3.8, 4) is 11.5 Å². The predicted octanol–water partition coefficient (Wildman–Crippen LogP) is 1.08. The second-order valence-electron chi connectivity index (χ2n) is 3.37. The van der Waals surface area contributed by atoms with Gasteiger partial charge in [-0.3, -0.25) is 0 Å². The largest absolute Gasteiger partial charge is 0.504 e. The van der Waals surface area contributed by atoms with Crippen molar-refractivity contribution in [2.24, 2.45) is 0 Å². The van der Waals surface area contributed by atoms with Crippen LogP contribution in [0.25, 0.3) is 0 Å². The van der Waals surface area contributed by atoms with Crippen LogP contribution in [0.1, 0.15) is 23.1 Å². The van der Waals surface area contributed by atoms with E-state index in [1.807, 2.05) is 0 Å². The number of phenolic OH excluding ortho intramolecular Hbond substituents is 1. The molecule has 13 heavy (non-hydrogen) atoms. The SMILES string of the molecule is OCc1c(O)c(O)cc2c1CCC2. The van der Waals surface area contributed by atoms with E-state index in [4.69, 9.17) is 5.11 Å². The van der Waals surface area contributed by atoms with Crippen LogP contribution in [-0.4, -0.2) is 15.3 Å². The van der Waals surface area contributed by atoms with Gasteiger partial charge in [0, 0.05) is 5.56 Å². The molecule has 0 spiro atoms. The number of aryl methyl sites for hydroxylation is 1. The summed E-state index contributed by atoms with van der Waals surface area (Å²) < 4.78 is 0. The highest BCUT2D eigenvalue weighted by Gasteiger charge is 2.20. The molecule has 0 aromatic heterocycles. The normalized spacial score (nSPS) is 14.5. The lowest BCUT2D eigenvalue weighted by Gasteiger charge is -2.09. The van der Waals surface area contributed by atoms with Crippen molar-refractivity contribution >= 4 is 0 Å². The number of aromatic hydroxyl groups is 2. The number of benzene rings is 1. The van der Waals surface area contributed by atoms with Crippen LogP contribution in [0.2, 0.25) is 0 Å². The van der Waals surface area contributed by atoms with Gasteiger partial charge in [-0.1, -0.05) is 0 Å². The van der Waals surface area contributed by atoms with Crippen LogP contribution in [0.5, 0.6) is 11.5 Å². The van der Waals surface area contributed by atoms with Crippen molar-refractivity contribution in [1.82, 2.24) is 0 Å². The molecule has 1 aromatic carbocycles. The summed E-state index contributed by atoms with van der Waals surface area (Å²) in [5.41, 5.74) is 2.56. The standard InChI is InChI=1S/C10H12O3/c11-5-8-7-3-1-2-6(7)4-9(12)10(8)13/h4,11-13H,1-3,5H2. The Kier molecular flexibility index (Phi) is 1.88. The number of hydrogen-bond acceptors (Lipinski definition) is 3. The molecule has 70 valence electrons. The minimum atomic E-state index is -0.206. The summed E-state index contributed by atoms with van der Waals surface area (Å²) >= 11 is 0. The molecule has 0 saturated carbocycles. The molecule has 3 N–H and O–H groups in total. The molecule has 0 atom stereocenters. The first-order valence-electron chi connectivity index (χ1n) is 4.40. The first-order valence-corrected chi connectivity index (χ1v) is 4.40. The molecule has 0 heterocycles. The second-order valence-corrected chi connectivity index (χ2v) is 3.37. The summed E-state index contributed by atoms with van der Waals surface area (Å²) in [5, 5.41) is 27.8. The molecular formula is C10H12O3. The summed E-state index contributed by atoms with van der Waals surface area (Å²) in [6.07, 6.45) is 2.85. The van der Waals surface area contributed by atoms with E-state index in [0.29, 0.717) is 5.56 Å². The van der Waals surface area contributed by atoms with Gasteiger partial charge in [-0.15, -0.1) is 0 Å². The van der Waals surface area contributed by atoms with Gasteiger partial charge in [0.15, 0.2) is 11.5 Å². The molecule has 0 fully saturated rings. The van der Waals surface area contributed by atoms with Crippen LogP contribution in [0.15, 0.2) is 6.07 Å². The fourth-order valence-electron chi connectivity index (χ4n) is 1.97. The van der Waals surface area contributed by atoms with E-state index in [1.54, 1.807) is 6.07 Å². The molecule has 0 aliphatic heterocycles. The number of hydrogen-bond donors (Lipinski definition) is 3. The quantitative estimate of drug-likeness (QED) is 0.567. The Morgan fingerprint density at radius 2 is 2.00 bits per heavy atom. The molecular weight excluding hydrogens is 168 g/mol. The van der Waals surface area contributed by atoms with Crippen molar-refractivity contribution in [1.29, 1.82) is 0 Å². The van der Waals surface area contributed by atoms with Gasteiger partial charge >= 0.3 is 0 Å². The average molecular weight is 180 g/mol. The average Bonchev–Trinajstić information content (AvgIpc) is 2.54. The van der Waals surface area contributed by atoms with Crippen LogP contribution in [0.3, 0.4) is 0 Å². The lowest BCUT2D eigenvalue weighted by Crippen LogP contribution is -1.94. The monoisotopic (exact) mass is 180 g/mol. The summed E-state index contributed by atoms with van der Waals surface area (Å²) in [7, 11) is 0. The molecule has 3 nitrogen and oxygen atoms in total. The van der Waals surface area contributed by atoms with Crippen molar-refractivity contribution in [2.75, 3.05) is 0 Å². The summed E-state index contributed by atoms with van der Waals surface area (Å²) in [6.45, 7) is -0.206. The lowest BCUT2D eigenvalue weighted by molar-refractivity contribution is 0.272. The molecule has 1 aromatic rings. The van der Waals surface area contributed by atoms with Crippen LogP contribution in [0.4, 0.5) is 0 Å². The zero-order valence-electron chi connectivity index (χ0n) is 7.25. The van der Waals surface area contributed by atoms with Gasteiger partial charge in [0.05, 0.1) is 6.61 Å². The fraction of sp³-hybridized carbons (Fsp3) is 0.400. The van der Waals surface area contributed by atoms with Crippen molar-refractivity contribution in [2.45, 2.75) is 25.9 Å². The Labute approximate surface area is 76.3 Å². The molecule has 0 bridgehead atoms. The number of fused-ring (bicyclic) bond motifs is 1. The van der Waals surface area contributed by atoms with E-state index in [2.05, 4.69) is 0 Å². The zero-order valence-corrected chi connectivity index (χ0v) is 7.25. The summed E-state index contributed by atoms with van der Waals surface area (Å²) in [5.74, 6) is -0.284. The van der Waals surface area contributed by atoms with E-state index in [0.717, 1.165) is 30.4 Å². The van der Waals surface area contributed by atoms with E-state index in [9.17, 15) is 10.2 Å². The minimum Gasteiger partial charge on any atom is -0.504 e. The molecule has 0 saturated heterocycles. The van der Waals surface area contributed by atoms with Gasteiger partial charge < -0.3 is 15.3 Å². The van der Waals surface area contributed by atoms with E-state index >= 15 is 0 Å². The van der Waals surface area contributed by atoms with Gasteiger partial charge in [-0.05, 0) is 36.5 Å². The van der Waals surface area contributed by atoms with Crippen molar-refractivity contribution < 1.29 is 15.3 Å². The third-order valence-corrected chi connectivity index (χ3v) is 2.62. The smallest absolute Gasteiger partial charge is 0.163 e. The molecule has 2 rings (SSSR count). The van der Waals surface area contributed by atoms with Gasteiger partial charge in [-0.2, -0.15) is 0 Å². The van der Waals surface area contributed by atoms with Gasteiger partial charge in [0.2, 0.25) is 0 Å². The molecule has 0 radical (unpaired) electrons. The highest BCUT2D eigenvalue weighted by molar-refractivity contribution is 5.54. The number of rotatable bonds is 1. The summed E-state index contributed by atoms with van der Waals surface area (Å²) in [4.78, 5) is 0. The van der Waals surface area contributed by atoms with Crippen molar-refractivity contribution in [3.05, 3.63) is 22.8 Å². The van der Waals surface area contributed by atoms with Gasteiger partial charge in [-0.25, -0.2) is 0 Å². The molecule has 0 amide bonds. The summed E-state index contributed by atoms with van der Waals surface area (Å²) in [6, 6.07) is 1.59. The van der Waals surface area contributed by atoms with Crippen molar-refractivity contribution in [3.63, 3.8) is 0 Å². The first kappa shape index (κ1) is 8.38.